The van der Waals surface area contributed by atoms with E-state index in [4.69, 9.17) is 0 Å². The number of aromatic nitrogens is 3. The summed E-state index contributed by atoms with van der Waals surface area (Å²) in [6.45, 7) is 3.77. The van der Waals surface area contributed by atoms with E-state index in [0.717, 1.165) is 45.8 Å². The van der Waals surface area contributed by atoms with E-state index in [1.165, 1.54) is 6.92 Å². The van der Waals surface area contributed by atoms with Gasteiger partial charge in [0, 0.05) is 43.8 Å². The number of nitrogens with zero attached hydrogens (tertiary/aromatic N) is 5. The third kappa shape index (κ3) is 3.24. The van der Waals surface area contributed by atoms with Crippen LogP contribution in [0.2, 0.25) is 0 Å². The van der Waals surface area contributed by atoms with Crippen molar-refractivity contribution in [2.45, 2.75) is 24.7 Å². The molecule has 0 N–H and O–H groups in total. The van der Waals surface area contributed by atoms with Gasteiger partial charge in [0.05, 0.1) is 10.6 Å². The predicted octanol–water partition coefficient (Wildman–Crippen LogP) is 2.30. The van der Waals surface area contributed by atoms with Crippen molar-refractivity contribution in [2.24, 2.45) is 0 Å². The molecule has 0 aliphatic carbocycles. The van der Waals surface area contributed by atoms with Gasteiger partial charge in [-0.1, -0.05) is 6.08 Å². The molecule has 2 aromatic heterocycles. The minimum atomic E-state index is -3.95. The van der Waals surface area contributed by atoms with Crippen molar-refractivity contribution >= 4 is 38.2 Å². The van der Waals surface area contributed by atoms with Crippen LogP contribution in [0.1, 0.15) is 24.6 Å². The van der Waals surface area contributed by atoms with Gasteiger partial charge < -0.3 is 9.80 Å². The van der Waals surface area contributed by atoms with E-state index >= 15 is 0 Å². The van der Waals surface area contributed by atoms with E-state index < -0.39 is 10.0 Å². The molecular formula is C22H23N5O3S. The summed E-state index contributed by atoms with van der Waals surface area (Å²) in [4.78, 5) is 20.2. The van der Waals surface area contributed by atoms with Crippen LogP contribution in [0.15, 0.2) is 47.5 Å². The Morgan fingerprint density at radius 1 is 1.13 bits per heavy atom. The van der Waals surface area contributed by atoms with Crippen LogP contribution < -0.4 is 4.90 Å². The van der Waals surface area contributed by atoms with Crippen molar-refractivity contribution < 1.29 is 13.2 Å². The van der Waals surface area contributed by atoms with Crippen LogP contribution in [0.5, 0.6) is 0 Å². The first-order valence-corrected chi connectivity index (χ1v) is 11.7. The maximum absolute atomic E-state index is 13.6. The van der Waals surface area contributed by atoms with Crippen molar-refractivity contribution in [3.63, 3.8) is 0 Å². The third-order valence-corrected chi connectivity index (χ3v) is 7.54. The molecule has 2 aliphatic heterocycles. The molecule has 0 saturated heterocycles. The van der Waals surface area contributed by atoms with E-state index in [0.29, 0.717) is 24.3 Å². The van der Waals surface area contributed by atoms with Crippen molar-refractivity contribution in [1.82, 2.24) is 19.1 Å². The fourth-order valence-corrected chi connectivity index (χ4v) is 5.58. The molecule has 3 aromatic rings. The number of pyridine rings is 1. The van der Waals surface area contributed by atoms with E-state index in [9.17, 15) is 13.2 Å². The summed E-state index contributed by atoms with van der Waals surface area (Å²) < 4.78 is 28.2. The highest BCUT2D eigenvalue weighted by Gasteiger charge is 2.29. The Kier molecular flexibility index (Phi) is 4.67. The average Bonchev–Trinajstić information content (AvgIpc) is 3.36. The van der Waals surface area contributed by atoms with E-state index in [2.05, 4.69) is 28.1 Å². The van der Waals surface area contributed by atoms with Crippen molar-refractivity contribution in [3.8, 4) is 0 Å². The van der Waals surface area contributed by atoms with Crippen LogP contribution >= 0.6 is 0 Å². The number of rotatable bonds is 3. The molecule has 160 valence electrons. The van der Waals surface area contributed by atoms with Gasteiger partial charge in [-0.05, 0) is 61.4 Å². The van der Waals surface area contributed by atoms with Crippen LogP contribution in [0.25, 0.3) is 16.6 Å². The summed E-state index contributed by atoms with van der Waals surface area (Å²) in [6, 6.07) is 8.56. The van der Waals surface area contributed by atoms with Gasteiger partial charge in [0.1, 0.15) is 0 Å². The molecule has 1 aromatic carbocycles. The summed E-state index contributed by atoms with van der Waals surface area (Å²) in [5.41, 5.74) is 3.65. The number of fused-ring (bicyclic) bond motifs is 2. The highest BCUT2D eigenvalue weighted by molar-refractivity contribution is 7.90. The average molecular weight is 438 g/mol. The fraction of sp³-hybridized carbons (Fsp3) is 0.318. The zero-order valence-corrected chi connectivity index (χ0v) is 18.3. The molecule has 0 bridgehead atoms. The zero-order chi connectivity index (χ0) is 21.8. The van der Waals surface area contributed by atoms with Gasteiger partial charge >= 0.3 is 0 Å². The SMILES string of the molecule is CC(=O)N1CCc2cc(S(=O)(=O)n3nc(C4=CCN(C)CC4)c4cccnc43)ccc21. The van der Waals surface area contributed by atoms with Gasteiger partial charge in [0.2, 0.25) is 5.91 Å². The molecule has 0 spiro atoms. The highest BCUT2D eigenvalue weighted by Crippen LogP contribution is 2.33. The van der Waals surface area contributed by atoms with Gasteiger partial charge in [-0.2, -0.15) is 13.5 Å². The highest BCUT2D eigenvalue weighted by atomic mass is 32.2. The van der Waals surface area contributed by atoms with Crippen LogP contribution in [0.3, 0.4) is 0 Å². The third-order valence-electron chi connectivity index (χ3n) is 5.98. The van der Waals surface area contributed by atoms with Gasteiger partial charge in [-0.3, -0.25) is 4.79 Å². The van der Waals surface area contributed by atoms with Gasteiger partial charge in [-0.25, -0.2) is 4.98 Å². The first-order valence-electron chi connectivity index (χ1n) is 10.2. The van der Waals surface area contributed by atoms with E-state index in [1.54, 1.807) is 35.4 Å². The monoisotopic (exact) mass is 437 g/mol. The summed E-state index contributed by atoms with van der Waals surface area (Å²) in [5.74, 6) is -0.0485. The molecule has 1 amide bonds. The summed E-state index contributed by atoms with van der Waals surface area (Å²) in [6.07, 6.45) is 5.11. The van der Waals surface area contributed by atoms with Crippen molar-refractivity contribution in [2.75, 3.05) is 31.6 Å². The van der Waals surface area contributed by atoms with Gasteiger partial charge in [-0.15, -0.1) is 4.09 Å². The Bertz CT molecular complexity index is 1340. The largest absolute Gasteiger partial charge is 0.312 e. The zero-order valence-electron chi connectivity index (χ0n) is 17.4. The number of anilines is 1. The van der Waals surface area contributed by atoms with Crippen LogP contribution in [-0.2, 0) is 21.2 Å². The van der Waals surface area contributed by atoms with Crippen LogP contribution in [0.4, 0.5) is 5.69 Å². The Morgan fingerprint density at radius 3 is 2.71 bits per heavy atom. The molecule has 9 heteroatoms. The molecule has 8 nitrogen and oxygen atoms in total. The quantitative estimate of drug-likeness (QED) is 0.625. The van der Waals surface area contributed by atoms with E-state index in [-0.39, 0.29) is 10.8 Å². The Morgan fingerprint density at radius 2 is 1.97 bits per heavy atom. The van der Waals surface area contributed by atoms with Crippen molar-refractivity contribution in [3.05, 3.63) is 53.9 Å². The molecule has 0 fully saturated rings. The van der Waals surface area contributed by atoms with Gasteiger partial charge in [0.15, 0.2) is 5.65 Å². The lowest BCUT2D eigenvalue weighted by Crippen LogP contribution is -2.25. The molecule has 5 rings (SSSR count). The molecule has 4 heterocycles. The Balaban J connectivity index is 1.62. The lowest BCUT2D eigenvalue weighted by Gasteiger charge is -2.21. The first-order chi connectivity index (χ1) is 14.9. The fourth-order valence-electron chi connectivity index (χ4n) is 4.28. The normalized spacial score (nSPS) is 17.1. The standard InChI is InChI=1S/C22H23N5O3S/c1-15(28)26-13-9-17-14-18(5-6-20(17)26)31(29,30)27-22-19(4-3-10-23-22)21(24-27)16-7-11-25(2)12-8-16/h3-7,10,14H,8-9,11-13H2,1-2H3. The molecule has 0 radical (unpaired) electrons. The number of hydrogen-bond acceptors (Lipinski definition) is 6. The number of hydrogen-bond donors (Lipinski definition) is 0. The molecule has 0 atom stereocenters. The van der Waals surface area contributed by atoms with Gasteiger partial charge in [0.25, 0.3) is 10.0 Å². The second kappa shape index (κ2) is 7.28. The number of likely N-dealkylation sites (N-methyl/N-ethyl adjacent to an activating group) is 1. The molecule has 0 unspecified atom stereocenters. The summed E-state index contributed by atoms with van der Waals surface area (Å²) in [7, 11) is -1.90. The molecule has 0 saturated carbocycles. The lowest BCUT2D eigenvalue weighted by molar-refractivity contribution is -0.116. The predicted molar refractivity (Wildman–Crippen MR) is 118 cm³/mol. The molecular weight excluding hydrogens is 414 g/mol. The smallest absolute Gasteiger partial charge is 0.284 e. The maximum atomic E-state index is 13.6. The van der Waals surface area contributed by atoms with Crippen LogP contribution in [-0.4, -0.2) is 60.1 Å². The first kappa shape index (κ1) is 19.9. The van der Waals surface area contributed by atoms with Crippen molar-refractivity contribution in [1.29, 1.82) is 0 Å². The number of amides is 1. The minimum Gasteiger partial charge on any atom is -0.312 e. The second-order valence-corrected chi connectivity index (χ2v) is 9.79. The lowest BCUT2D eigenvalue weighted by atomic mass is 10.0. The molecule has 2 aliphatic rings. The maximum Gasteiger partial charge on any atom is 0.284 e. The van der Waals surface area contributed by atoms with E-state index in [1.807, 2.05) is 6.07 Å². The second-order valence-electron chi connectivity index (χ2n) is 8.02. The number of carbonyl (C=O) groups is 1. The Hall–Kier alpha value is -3.04. The Labute approximate surface area is 180 Å². The van der Waals surface area contributed by atoms with Crippen LogP contribution in [0, 0.1) is 0 Å². The molecule has 31 heavy (non-hydrogen) atoms. The topological polar surface area (TPSA) is 88.4 Å². The number of carbonyl (C=O) groups excluding carboxylic acids is 1. The summed E-state index contributed by atoms with van der Waals surface area (Å²) >= 11 is 0. The summed E-state index contributed by atoms with van der Waals surface area (Å²) in [5, 5.41) is 5.27. The number of benzene rings is 1. The minimum absolute atomic E-state index is 0.0485.